The molecule has 1 N–H and O–H groups in total. The average Bonchev–Trinajstić information content (AvgIpc) is 2.92. The summed E-state index contributed by atoms with van der Waals surface area (Å²) in [4.78, 5) is 5.02. The van der Waals surface area contributed by atoms with Crippen LogP contribution in [0.2, 0.25) is 0 Å². The molecule has 1 aromatic carbocycles. The highest BCUT2D eigenvalue weighted by Crippen LogP contribution is 2.23. The number of rotatable bonds is 3. The summed E-state index contributed by atoms with van der Waals surface area (Å²) in [6.07, 6.45) is 5.26. The molecule has 3 rings (SSSR count). The van der Waals surface area contributed by atoms with Gasteiger partial charge < -0.3 is 5.11 Å². The lowest BCUT2D eigenvalue weighted by Crippen LogP contribution is -2.40. The van der Waals surface area contributed by atoms with E-state index in [0.717, 1.165) is 25.2 Å². The minimum absolute atomic E-state index is 0.263. The largest absolute Gasteiger partial charge is 0.505 e. The fraction of sp³-hybridized carbons (Fsp3) is 0.625. The van der Waals surface area contributed by atoms with Gasteiger partial charge in [0.25, 0.3) is 0 Å². The maximum atomic E-state index is 13.3. The van der Waals surface area contributed by atoms with Crippen molar-refractivity contribution in [3.8, 4) is 5.75 Å². The van der Waals surface area contributed by atoms with Gasteiger partial charge in [0.1, 0.15) is 0 Å². The predicted octanol–water partition coefficient (Wildman–Crippen LogP) is 2.59. The van der Waals surface area contributed by atoms with E-state index >= 15 is 0 Å². The molecule has 1 unspecified atom stereocenters. The van der Waals surface area contributed by atoms with Crippen LogP contribution in [0, 0.1) is 5.82 Å². The second kappa shape index (κ2) is 6.10. The summed E-state index contributed by atoms with van der Waals surface area (Å²) in [5.74, 6) is -0.782. The average molecular weight is 278 g/mol. The van der Waals surface area contributed by atoms with E-state index in [4.69, 9.17) is 0 Å². The van der Waals surface area contributed by atoms with Crippen LogP contribution in [-0.2, 0) is 6.54 Å². The molecule has 0 radical (unpaired) electrons. The summed E-state index contributed by atoms with van der Waals surface area (Å²) >= 11 is 0. The van der Waals surface area contributed by atoms with Crippen molar-refractivity contribution in [2.45, 2.75) is 38.3 Å². The van der Waals surface area contributed by atoms with Gasteiger partial charge in [-0.25, -0.2) is 4.39 Å². The number of piperidine rings is 1. The quantitative estimate of drug-likeness (QED) is 0.920. The van der Waals surface area contributed by atoms with Crippen LogP contribution in [0.25, 0.3) is 0 Å². The van der Waals surface area contributed by atoms with Gasteiger partial charge in [-0.15, -0.1) is 0 Å². The minimum atomic E-state index is -0.519. The third kappa shape index (κ3) is 3.13. The van der Waals surface area contributed by atoms with Crippen molar-refractivity contribution >= 4 is 0 Å². The number of likely N-dealkylation sites (tertiary alicyclic amines) is 2. The zero-order valence-corrected chi connectivity index (χ0v) is 11.9. The molecular weight excluding hydrogens is 255 g/mol. The van der Waals surface area contributed by atoms with Gasteiger partial charge in [0, 0.05) is 25.7 Å². The molecule has 0 bridgehead atoms. The Morgan fingerprint density at radius 2 is 1.95 bits per heavy atom. The van der Waals surface area contributed by atoms with Crippen LogP contribution in [0.3, 0.4) is 0 Å². The van der Waals surface area contributed by atoms with Crippen LogP contribution in [-0.4, -0.2) is 47.1 Å². The molecular formula is C16H23FN2O. The van der Waals surface area contributed by atoms with Crippen LogP contribution in [0.15, 0.2) is 18.2 Å². The first-order valence-electron chi connectivity index (χ1n) is 7.66. The molecule has 2 fully saturated rings. The summed E-state index contributed by atoms with van der Waals surface area (Å²) < 4.78 is 13.3. The first-order chi connectivity index (χ1) is 9.72. The van der Waals surface area contributed by atoms with Crippen LogP contribution in [0.4, 0.5) is 4.39 Å². The van der Waals surface area contributed by atoms with Gasteiger partial charge in [-0.05, 0) is 50.0 Å². The molecule has 0 spiro atoms. The molecule has 3 nitrogen and oxygen atoms in total. The lowest BCUT2D eigenvalue weighted by Gasteiger charge is -2.32. The second-order valence-corrected chi connectivity index (χ2v) is 6.06. The number of aromatic hydroxyl groups is 1. The highest BCUT2D eigenvalue weighted by atomic mass is 19.1. The minimum Gasteiger partial charge on any atom is -0.505 e. The van der Waals surface area contributed by atoms with E-state index in [1.165, 1.54) is 50.9 Å². The standard InChI is InChI=1S/C16H23FN2O/c17-15-10-13(4-5-16(15)20)11-18-9-6-14(12-18)19-7-2-1-3-8-19/h4-5,10,14,20H,1-3,6-9,11-12H2. The van der Waals surface area contributed by atoms with Crippen LogP contribution < -0.4 is 0 Å². The summed E-state index contributed by atoms with van der Waals surface area (Å²) in [6, 6.07) is 5.39. The van der Waals surface area contributed by atoms with E-state index < -0.39 is 5.82 Å². The van der Waals surface area contributed by atoms with Gasteiger partial charge >= 0.3 is 0 Å². The number of phenols is 1. The number of hydrogen-bond donors (Lipinski definition) is 1. The van der Waals surface area contributed by atoms with Gasteiger partial charge in [-0.1, -0.05) is 12.5 Å². The summed E-state index contributed by atoms with van der Waals surface area (Å²) in [5.41, 5.74) is 0.944. The Morgan fingerprint density at radius 3 is 2.70 bits per heavy atom. The number of halogens is 1. The third-order valence-corrected chi connectivity index (χ3v) is 4.57. The molecule has 0 aliphatic carbocycles. The third-order valence-electron chi connectivity index (χ3n) is 4.57. The molecule has 2 heterocycles. The Kier molecular flexibility index (Phi) is 4.22. The Balaban J connectivity index is 1.55. The summed E-state index contributed by atoms with van der Waals surface area (Å²) in [7, 11) is 0. The van der Waals surface area contributed by atoms with E-state index in [1.54, 1.807) is 0 Å². The van der Waals surface area contributed by atoms with E-state index in [-0.39, 0.29) is 5.75 Å². The first kappa shape index (κ1) is 13.8. The normalized spacial score (nSPS) is 25.1. The fourth-order valence-electron chi connectivity index (χ4n) is 3.44. The molecule has 2 aliphatic heterocycles. The smallest absolute Gasteiger partial charge is 0.165 e. The number of benzene rings is 1. The van der Waals surface area contributed by atoms with E-state index in [2.05, 4.69) is 9.80 Å². The van der Waals surface area contributed by atoms with Crippen molar-refractivity contribution < 1.29 is 9.50 Å². The summed E-state index contributed by atoms with van der Waals surface area (Å²) in [6.45, 7) is 5.44. The van der Waals surface area contributed by atoms with Crippen molar-refractivity contribution in [2.75, 3.05) is 26.2 Å². The Labute approximate surface area is 120 Å². The maximum Gasteiger partial charge on any atom is 0.165 e. The number of phenolic OH excluding ortho intramolecular Hbond substituents is 1. The van der Waals surface area contributed by atoms with Crippen molar-refractivity contribution in [3.05, 3.63) is 29.6 Å². The number of nitrogens with zero attached hydrogens (tertiary/aromatic N) is 2. The Hall–Kier alpha value is -1.13. The van der Waals surface area contributed by atoms with Gasteiger partial charge in [0.05, 0.1) is 0 Å². The zero-order chi connectivity index (χ0) is 13.9. The Bertz CT molecular complexity index is 460. The maximum absolute atomic E-state index is 13.3. The molecule has 0 saturated carbocycles. The van der Waals surface area contributed by atoms with Crippen LogP contribution in [0.5, 0.6) is 5.75 Å². The highest BCUT2D eigenvalue weighted by Gasteiger charge is 2.28. The van der Waals surface area contributed by atoms with E-state index in [0.29, 0.717) is 6.04 Å². The fourth-order valence-corrected chi connectivity index (χ4v) is 3.44. The van der Waals surface area contributed by atoms with Gasteiger partial charge in [-0.2, -0.15) is 0 Å². The summed E-state index contributed by atoms with van der Waals surface area (Å²) in [5, 5.41) is 9.22. The molecule has 1 atom stereocenters. The molecule has 4 heteroatoms. The van der Waals surface area contributed by atoms with Crippen LogP contribution >= 0.6 is 0 Å². The van der Waals surface area contributed by atoms with Crippen molar-refractivity contribution in [1.82, 2.24) is 9.80 Å². The monoisotopic (exact) mass is 278 g/mol. The molecule has 110 valence electrons. The van der Waals surface area contributed by atoms with Gasteiger partial charge in [-0.3, -0.25) is 9.80 Å². The highest BCUT2D eigenvalue weighted by molar-refractivity contribution is 5.28. The number of hydrogen-bond acceptors (Lipinski definition) is 3. The molecule has 0 amide bonds. The molecule has 0 aromatic heterocycles. The zero-order valence-electron chi connectivity index (χ0n) is 11.9. The molecule has 1 aromatic rings. The van der Waals surface area contributed by atoms with E-state index in [1.807, 2.05) is 6.07 Å². The SMILES string of the molecule is Oc1ccc(CN2CCC(N3CCCCC3)C2)cc1F. The van der Waals surface area contributed by atoms with Crippen molar-refractivity contribution in [2.24, 2.45) is 0 Å². The topological polar surface area (TPSA) is 26.7 Å². The first-order valence-corrected chi connectivity index (χ1v) is 7.66. The lowest BCUT2D eigenvalue weighted by molar-refractivity contribution is 0.161. The molecule has 2 aliphatic rings. The van der Waals surface area contributed by atoms with Crippen molar-refractivity contribution in [1.29, 1.82) is 0 Å². The molecule has 2 saturated heterocycles. The lowest BCUT2D eigenvalue weighted by atomic mass is 10.1. The van der Waals surface area contributed by atoms with Crippen LogP contribution in [0.1, 0.15) is 31.2 Å². The van der Waals surface area contributed by atoms with E-state index in [9.17, 15) is 9.50 Å². The second-order valence-electron chi connectivity index (χ2n) is 6.06. The predicted molar refractivity (Wildman–Crippen MR) is 77.2 cm³/mol. The van der Waals surface area contributed by atoms with Gasteiger partial charge in [0.2, 0.25) is 0 Å². The van der Waals surface area contributed by atoms with Gasteiger partial charge in [0.15, 0.2) is 11.6 Å². The molecule has 20 heavy (non-hydrogen) atoms. The van der Waals surface area contributed by atoms with Crippen molar-refractivity contribution in [3.63, 3.8) is 0 Å². The Morgan fingerprint density at radius 1 is 1.15 bits per heavy atom.